The number of aliphatic hydroxyl groups is 1. The second kappa shape index (κ2) is 11.0. The Morgan fingerprint density at radius 2 is 1.91 bits per heavy atom. The Kier molecular flexibility index (Phi) is 7.84. The smallest absolute Gasteiger partial charge is 0.227 e. The van der Waals surface area contributed by atoms with Gasteiger partial charge in [0.2, 0.25) is 5.88 Å². The minimum Gasteiger partial charge on any atom is -0.439 e. The molecule has 1 aliphatic carbocycles. The standard InChI is InChI=1S/C28H37N3O2/c1-4-5-13-25(32)19-30(18-23-15-16-23)20-27-22(3)29-31(24-11-7-6-8-12-24)28(27)33-26-14-9-10-21(2)17-26/h6-12,14,17,23,25,32H,4-5,13,15-16,18-20H2,1-3H3. The maximum Gasteiger partial charge on any atom is 0.227 e. The summed E-state index contributed by atoms with van der Waals surface area (Å²) in [7, 11) is 0. The van der Waals surface area contributed by atoms with Crippen LogP contribution in [0.5, 0.6) is 11.6 Å². The lowest BCUT2D eigenvalue weighted by Gasteiger charge is -2.25. The van der Waals surface area contributed by atoms with E-state index in [1.165, 1.54) is 12.8 Å². The van der Waals surface area contributed by atoms with Crippen molar-refractivity contribution in [2.75, 3.05) is 13.1 Å². The minimum atomic E-state index is -0.297. The number of hydrogen-bond acceptors (Lipinski definition) is 4. The molecule has 1 N–H and O–H groups in total. The van der Waals surface area contributed by atoms with E-state index in [4.69, 9.17) is 9.84 Å². The van der Waals surface area contributed by atoms with Crippen molar-refractivity contribution in [3.05, 3.63) is 71.4 Å². The second-order valence-electron chi connectivity index (χ2n) is 9.47. The largest absolute Gasteiger partial charge is 0.439 e. The molecule has 5 heteroatoms. The van der Waals surface area contributed by atoms with Gasteiger partial charge in [-0.1, -0.05) is 50.1 Å². The van der Waals surface area contributed by atoms with Crippen LogP contribution in [-0.2, 0) is 6.54 Å². The molecule has 1 aromatic heterocycles. The molecule has 33 heavy (non-hydrogen) atoms. The predicted octanol–water partition coefficient (Wildman–Crippen LogP) is 6.04. The Morgan fingerprint density at radius 3 is 2.61 bits per heavy atom. The van der Waals surface area contributed by atoms with Crippen LogP contribution in [0.4, 0.5) is 0 Å². The summed E-state index contributed by atoms with van der Waals surface area (Å²) < 4.78 is 8.41. The number of unbranched alkanes of at least 4 members (excludes halogenated alkanes) is 1. The molecule has 4 rings (SSSR count). The Morgan fingerprint density at radius 1 is 1.12 bits per heavy atom. The van der Waals surface area contributed by atoms with Crippen molar-refractivity contribution < 1.29 is 9.84 Å². The highest BCUT2D eigenvalue weighted by molar-refractivity contribution is 5.43. The molecule has 1 saturated carbocycles. The van der Waals surface area contributed by atoms with E-state index in [2.05, 4.69) is 49.9 Å². The first-order chi connectivity index (χ1) is 16.0. The third-order valence-electron chi connectivity index (χ3n) is 6.30. The van der Waals surface area contributed by atoms with Crippen molar-refractivity contribution in [2.45, 2.75) is 65.5 Å². The van der Waals surface area contributed by atoms with Crippen molar-refractivity contribution in [3.63, 3.8) is 0 Å². The zero-order chi connectivity index (χ0) is 23.2. The van der Waals surface area contributed by atoms with Gasteiger partial charge in [0.15, 0.2) is 0 Å². The van der Waals surface area contributed by atoms with Gasteiger partial charge in [0.05, 0.1) is 23.0 Å². The summed E-state index contributed by atoms with van der Waals surface area (Å²) in [6.07, 6.45) is 5.30. The zero-order valence-corrected chi connectivity index (χ0v) is 20.2. The number of ether oxygens (including phenoxy) is 1. The molecule has 0 amide bonds. The van der Waals surface area contributed by atoms with Crippen LogP contribution in [0.1, 0.15) is 55.8 Å². The van der Waals surface area contributed by atoms with Crippen LogP contribution in [-0.4, -0.2) is 39.0 Å². The van der Waals surface area contributed by atoms with Crippen molar-refractivity contribution >= 4 is 0 Å². The number of aromatic nitrogens is 2. The highest BCUT2D eigenvalue weighted by Gasteiger charge is 2.28. The zero-order valence-electron chi connectivity index (χ0n) is 20.2. The molecule has 2 aromatic carbocycles. The number of para-hydroxylation sites is 1. The first-order valence-electron chi connectivity index (χ1n) is 12.3. The van der Waals surface area contributed by atoms with Gasteiger partial charge in [0, 0.05) is 19.6 Å². The van der Waals surface area contributed by atoms with E-state index >= 15 is 0 Å². The SMILES string of the molecule is CCCCC(O)CN(Cc1c(C)nn(-c2ccccc2)c1Oc1cccc(C)c1)CC1CC1. The average Bonchev–Trinajstić information content (AvgIpc) is 3.57. The average molecular weight is 448 g/mol. The lowest BCUT2D eigenvalue weighted by Crippen LogP contribution is -2.34. The van der Waals surface area contributed by atoms with E-state index in [0.29, 0.717) is 6.54 Å². The van der Waals surface area contributed by atoms with Gasteiger partial charge < -0.3 is 9.84 Å². The van der Waals surface area contributed by atoms with E-state index < -0.39 is 0 Å². The molecule has 1 heterocycles. The van der Waals surface area contributed by atoms with E-state index in [1.54, 1.807) is 0 Å². The lowest BCUT2D eigenvalue weighted by molar-refractivity contribution is 0.0965. The summed E-state index contributed by atoms with van der Waals surface area (Å²) in [4.78, 5) is 2.40. The summed E-state index contributed by atoms with van der Waals surface area (Å²) in [6.45, 7) is 8.73. The van der Waals surface area contributed by atoms with E-state index in [-0.39, 0.29) is 6.10 Å². The first-order valence-corrected chi connectivity index (χ1v) is 12.3. The molecule has 0 saturated heterocycles. The van der Waals surface area contributed by atoms with Gasteiger partial charge in [0.1, 0.15) is 5.75 Å². The van der Waals surface area contributed by atoms with Gasteiger partial charge in [-0.2, -0.15) is 5.10 Å². The van der Waals surface area contributed by atoms with Crippen LogP contribution >= 0.6 is 0 Å². The summed E-state index contributed by atoms with van der Waals surface area (Å²) in [5.41, 5.74) is 4.19. The van der Waals surface area contributed by atoms with Crippen LogP contribution in [0.2, 0.25) is 0 Å². The Labute approximate surface area is 198 Å². The van der Waals surface area contributed by atoms with Gasteiger partial charge in [-0.05, 0) is 68.9 Å². The Balaban J connectivity index is 1.65. The Bertz CT molecular complexity index is 1030. The van der Waals surface area contributed by atoms with Crippen LogP contribution in [0.15, 0.2) is 54.6 Å². The van der Waals surface area contributed by atoms with Gasteiger partial charge in [0.25, 0.3) is 0 Å². The highest BCUT2D eigenvalue weighted by Crippen LogP contribution is 2.34. The third-order valence-corrected chi connectivity index (χ3v) is 6.30. The molecular formula is C28H37N3O2. The molecule has 0 spiro atoms. The van der Waals surface area contributed by atoms with Crippen molar-refractivity contribution in [1.82, 2.24) is 14.7 Å². The molecule has 0 aliphatic heterocycles. The molecule has 0 radical (unpaired) electrons. The summed E-state index contributed by atoms with van der Waals surface area (Å²) in [5, 5.41) is 15.5. The molecule has 1 unspecified atom stereocenters. The number of nitrogens with zero attached hydrogens (tertiary/aromatic N) is 3. The fourth-order valence-corrected chi connectivity index (χ4v) is 4.28. The highest BCUT2D eigenvalue weighted by atomic mass is 16.5. The molecule has 176 valence electrons. The van der Waals surface area contributed by atoms with Crippen LogP contribution in [0, 0.1) is 19.8 Å². The Hall–Kier alpha value is -2.63. The molecular weight excluding hydrogens is 410 g/mol. The summed E-state index contributed by atoms with van der Waals surface area (Å²) >= 11 is 0. The summed E-state index contributed by atoms with van der Waals surface area (Å²) in [5.74, 6) is 2.31. The molecule has 3 aromatic rings. The van der Waals surface area contributed by atoms with Gasteiger partial charge >= 0.3 is 0 Å². The number of benzene rings is 2. The third kappa shape index (κ3) is 6.46. The first kappa shape index (κ1) is 23.5. The number of aliphatic hydroxyl groups excluding tert-OH is 1. The predicted molar refractivity (Wildman–Crippen MR) is 133 cm³/mol. The van der Waals surface area contributed by atoms with Crippen LogP contribution in [0.25, 0.3) is 5.69 Å². The van der Waals surface area contributed by atoms with Gasteiger partial charge in [-0.15, -0.1) is 0 Å². The fraction of sp³-hybridized carbons (Fsp3) is 0.464. The molecule has 5 nitrogen and oxygen atoms in total. The minimum absolute atomic E-state index is 0.297. The van der Waals surface area contributed by atoms with Crippen molar-refractivity contribution in [3.8, 4) is 17.3 Å². The fourth-order valence-electron chi connectivity index (χ4n) is 4.28. The van der Waals surface area contributed by atoms with Crippen molar-refractivity contribution in [2.24, 2.45) is 5.92 Å². The van der Waals surface area contributed by atoms with Gasteiger partial charge in [-0.25, -0.2) is 4.68 Å². The maximum atomic E-state index is 10.7. The topological polar surface area (TPSA) is 50.5 Å². The van der Waals surface area contributed by atoms with Gasteiger partial charge in [-0.3, -0.25) is 4.90 Å². The van der Waals surface area contributed by atoms with E-state index in [1.807, 2.05) is 35.0 Å². The van der Waals surface area contributed by atoms with E-state index in [9.17, 15) is 5.11 Å². The molecule has 1 fully saturated rings. The van der Waals surface area contributed by atoms with Crippen molar-refractivity contribution in [1.29, 1.82) is 0 Å². The maximum absolute atomic E-state index is 10.7. The number of aryl methyl sites for hydroxylation is 2. The van der Waals surface area contributed by atoms with Crippen LogP contribution in [0.3, 0.4) is 0 Å². The van der Waals surface area contributed by atoms with Crippen LogP contribution < -0.4 is 4.74 Å². The molecule has 1 aliphatic rings. The van der Waals surface area contributed by atoms with E-state index in [0.717, 1.165) is 72.4 Å². The monoisotopic (exact) mass is 447 g/mol. The number of hydrogen-bond donors (Lipinski definition) is 1. The quantitative estimate of drug-likeness (QED) is 0.367. The second-order valence-corrected chi connectivity index (χ2v) is 9.47. The number of rotatable bonds is 12. The normalized spacial score (nSPS) is 14.6. The molecule has 0 bridgehead atoms. The summed E-state index contributed by atoms with van der Waals surface area (Å²) in [6, 6.07) is 18.3. The lowest BCUT2D eigenvalue weighted by atomic mass is 10.1. The molecule has 1 atom stereocenters.